The Balaban J connectivity index is 2.00. The summed E-state index contributed by atoms with van der Waals surface area (Å²) in [5, 5.41) is 4.30. The summed E-state index contributed by atoms with van der Waals surface area (Å²) in [6.45, 7) is 2.09. The minimum Gasteiger partial charge on any atom is -0.493 e. The van der Waals surface area contributed by atoms with E-state index in [0.29, 0.717) is 23.3 Å². The molecule has 12 nitrogen and oxygen atoms in total. The maximum Gasteiger partial charge on any atom is 0.323 e. The van der Waals surface area contributed by atoms with E-state index >= 15 is 0 Å². The summed E-state index contributed by atoms with van der Waals surface area (Å²) in [5.41, 5.74) is 9.74. The number of sulfonamides is 1. The maximum atomic E-state index is 14.3. The topological polar surface area (TPSA) is 184 Å². The fourth-order valence-electron chi connectivity index (χ4n) is 5.08. The summed E-state index contributed by atoms with van der Waals surface area (Å²) in [6, 6.07) is 6.15. The number of Topliss-reactive ketones (excluding diaryl/α,β-unsaturated/α-hetero) is 1. The molecule has 0 spiro atoms. The summed E-state index contributed by atoms with van der Waals surface area (Å²) < 4.78 is 46.1. The van der Waals surface area contributed by atoms with Crippen LogP contribution in [0, 0.1) is 5.41 Å². The summed E-state index contributed by atoms with van der Waals surface area (Å²) in [4.78, 5) is 31.0. The van der Waals surface area contributed by atoms with Gasteiger partial charge < -0.3 is 31.0 Å². The third kappa shape index (κ3) is 8.33. The third-order valence-corrected chi connectivity index (χ3v) is 8.78. The largest absolute Gasteiger partial charge is 0.493 e. The van der Waals surface area contributed by atoms with Crippen LogP contribution in [0.4, 0.5) is 0 Å². The number of methoxy groups -OCH3 is 2. The van der Waals surface area contributed by atoms with Crippen LogP contribution < -0.4 is 31.0 Å². The van der Waals surface area contributed by atoms with Crippen LogP contribution in [0.15, 0.2) is 64.5 Å². The van der Waals surface area contributed by atoms with Crippen LogP contribution >= 0.6 is 0 Å². The summed E-state index contributed by atoms with van der Waals surface area (Å²) >= 11 is 0. The SMILES string of the molecule is CCOC(=O)[C@H](CC1(C(=O)[C@H](CCCN=C(N)N)NS(=O)(=O)c2ccc3cc(OC)c(OC)cc3c2)C=CC=CC1)NC. The predicted molar refractivity (Wildman–Crippen MR) is 166 cm³/mol. The quantitative estimate of drug-likeness (QED) is 0.0944. The number of nitrogens with one attached hydrogen (secondary N) is 2. The van der Waals surface area contributed by atoms with Crippen molar-refractivity contribution in [3.63, 3.8) is 0 Å². The Morgan fingerprint density at radius 2 is 1.74 bits per heavy atom. The molecule has 1 aliphatic carbocycles. The second kappa shape index (κ2) is 15.0. The van der Waals surface area contributed by atoms with Gasteiger partial charge in [-0.1, -0.05) is 30.4 Å². The second-order valence-electron chi connectivity index (χ2n) is 10.1. The lowest BCUT2D eigenvalue weighted by Crippen LogP contribution is -2.51. The molecule has 43 heavy (non-hydrogen) atoms. The fourth-order valence-corrected chi connectivity index (χ4v) is 6.34. The highest BCUT2D eigenvalue weighted by Crippen LogP contribution is 2.37. The van der Waals surface area contributed by atoms with Crippen LogP contribution in [-0.2, 0) is 24.3 Å². The number of hydrogen-bond donors (Lipinski definition) is 4. The lowest BCUT2D eigenvalue weighted by Gasteiger charge is -2.35. The number of ketones is 1. The number of carbonyl (C=O) groups excluding carboxylic acids is 2. The fraction of sp³-hybridized carbons (Fsp3) is 0.433. The number of nitrogens with two attached hydrogens (primary N) is 2. The Hall–Kier alpha value is -3.94. The Morgan fingerprint density at radius 3 is 2.33 bits per heavy atom. The molecule has 0 aliphatic heterocycles. The van der Waals surface area contributed by atoms with Gasteiger partial charge in [-0.3, -0.25) is 14.6 Å². The summed E-state index contributed by atoms with van der Waals surface area (Å²) in [5.74, 6) is -0.0102. The molecular formula is C30H41N5O7S. The van der Waals surface area contributed by atoms with E-state index in [-0.39, 0.29) is 49.1 Å². The number of carbonyl (C=O) groups is 2. The standard InChI is InChI=1S/C30H41N5O7S/c1-5-42-28(37)24(33-2)19-30(13-7-6-8-14-30)27(36)23(10-9-15-34-29(31)32)35-43(38,39)22-12-11-20-17-25(40-3)26(41-4)18-21(20)16-22/h6-8,11-13,16-18,23-24,33,35H,5,9-10,14-15,19H2,1-4H3,(H4,31,32,34)/t23-,24-,30?/m0/s1. The van der Waals surface area contributed by atoms with Gasteiger partial charge in [0.2, 0.25) is 10.0 Å². The highest BCUT2D eigenvalue weighted by molar-refractivity contribution is 7.89. The van der Waals surface area contributed by atoms with Crippen LogP contribution in [0.5, 0.6) is 11.5 Å². The van der Waals surface area contributed by atoms with Crippen molar-refractivity contribution in [2.75, 3.05) is 34.4 Å². The zero-order valence-corrected chi connectivity index (χ0v) is 25.8. The van der Waals surface area contributed by atoms with Gasteiger partial charge in [-0.05, 0) is 74.7 Å². The second-order valence-corrected chi connectivity index (χ2v) is 11.9. The highest BCUT2D eigenvalue weighted by atomic mass is 32.2. The lowest BCUT2D eigenvalue weighted by molar-refractivity contribution is -0.146. The maximum absolute atomic E-state index is 14.3. The van der Waals surface area contributed by atoms with Gasteiger partial charge >= 0.3 is 5.97 Å². The van der Waals surface area contributed by atoms with E-state index in [4.69, 9.17) is 25.7 Å². The molecule has 3 rings (SSSR count). The molecule has 0 saturated heterocycles. The molecule has 0 radical (unpaired) electrons. The normalized spacial score (nSPS) is 17.7. The first-order chi connectivity index (χ1) is 20.5. The highest BCUT2D eigenvalue weighted by Gasteiger charge is 2.44. The number of fused-ring (bicyclic) bond motifs is 1. The molecule has 1 unspecified atom stereocenters. The van der Waals surface area contributed by atoms with Crippen LogP contribution in [-0.4, -0.2) is 72.6 Å². The number of allylic oxidation sites excluding steroid dienone is 4. The number of guanidine groups is 1. The van der Waals surface area contributed by atoms with Crippen molar-refractivity contribution in [3.8, 4) is 11.5 Å². The number of benzene rings is 2. The van der Waals surface area contributed by atoms with E-state index in [1.54, 1.807) is 50.4 Å². The number of ether oxygens (including phenoxy) is 3. The first-order valence-corrected chi connectivity index (χ1v) is 15.4. The zero-order valence-electron chi connectivity index (χ0n) is 25.0. The van der Waals surface area contributed by atoms with Gasteiger partial charge in [0.15, 0.2) is 23.2 Å². The van der Waals surface area contributed by atoms with E-state index in [0.717, 1.165) is 5.39 Å². The monoisotopic (exact) mass is 615 g/mol. The molecule has 0 amide bonds. The van der Waals surface area contributed by atoms with Crippen molar-refractivity contribution in [2.24, 2.45) is 21.9 Å². The Kier molecular flexibility index (Phi) is 11.7. The molecule has 3 atom stereocenters. The molecular weight excluding hydrogens is 574 g/mol. The van der Waals surface area contributed by atoms with E-state index in [1.807, 2.05) is 6.08 Å². The zero-order chi connectivity index (χ0) is 31.6. The van der Waals surface area contributed by atoms with Crippen molar-refractivity contribution in [1.29, 1.82) is 0 Å². The van der Waals surface area contributed by atoms with Gasteiger partial charge in [-0.15, -0.1) is 0 Å². The minimum absolute atomic E-state index is 0.0259. The van der Waals surface area contributed by atoms with Crippen molar-refractivity contribution < 1.29 is 32.2 Å². The molecule has 234 valence electrons. The van der Waals surface area contributed by atoms with Crippen LogP contribution in [0.1, 0.15) is 32.6 Å². The number of aliphatic imine (C=N–C) groups is 1. The molecule has 0 saturated carbocycles. The first-order valence-electron chi connectivity index (χ1n) is 14.0. The van der Waals surface area contributed by atoms with Crippen LogP contribution in [0.3, 0.4) is 0 Å². The van der Waals surface area contributed by atoms with E-state index in [2.05, 4.69) is 15.0 Å². The lowest BCUT2D eigenvalue weighted by atomic mass is 9.70. The number of esters is 1. The van der Waals surface area contributed by atoms with E-state index in [1.165, 1.54) is 26.4 Å². The van der Waals surface area contributed by atoms with Gasteiger partial charge in [0.05, 0.1) is 37.2 Å². The van der Waals surface area contributed by atoms with E-state index < -0.39 is 33.5 Å². The number of rotatable bonds is 16. The number of nitrogens with zero attached hydrogens (tertiary/aromatic N) is 1. The number of likely N-dealkylation sites (N-methyl/N-ethyl adjacent to an activating group) is 1. The van der Waals surface area contributed by atoms with Gasteiger partial charge in [0.1, 0.15) is 6.04 Å². The van der Waals surface area contributed by atoms with Gasteiger partial charge in [-0.2, -0.15) is 0 Å². The number of hydrogen-bond acceptors (Lipinski definition) is 9. The molecule has 0 bridgehead atoms. The van der Waals surface area contributed by atoms with Crippen LogP contribution in [0.25, 0.3) is 10.8 Å². The van der Waals surface area contributed by atoms with E-state index in [9.17, 15) is 18.0 Å². The smallest absolute Gasteiger partial charge is 0.323 e. The average molecular weight is 616 g/mol. The molecule has 2 aromatic rings. The van der Waals surface area contributed by atoms with Crippen LogP contribution in [0.2, 0.25) is 0 Å². The molecule has 0 fully saturated rings. The Bertz CT molecular complexity index is 1500. The van der Waals surface area contributed by atoms with Gasteiger partial charge in [0.25, 0.3) is 0 Å². The first kappa shape index (κ1) is 33.6. The summed E-state index contributed by atoms with van der Waals surface area (Å²) in [7, 11) is 0.442. The predicted octanol–water partition coefficient (Wildman–Crippen LogP) is 2.17. The Labute approximate surface area is 252 Å². The molecule has 1 aliphatic rings. The molecule has 13 heteroatoms. The summed E-state index contributed by atoms with van der Waals surface area (Å²) in [6.07, 6.45) is 7.90. The molecule has 6 N–H and O–H groups in total. The van der Waals surface area contributed by atoms with Crippen molar-refractivity contribution in [1.82, 2.24) is 10.0 Å². The van der Waals surface area contributed by atoms with Crippen molar-refractivity contribution >= 4 is 38.5 Å². The van der Waals surface area contributed by atoms with Crippen molar-refractivity contribution in [2.45, 2.75) is 49.6 Å². The average Bonchev–Trinajstić information content (AvgIpc) is 3.00. The molecule has 0 heterocycles. The molecule has 0 aromatic heterocycles. The van der Waals surface area contributed by atoms with Gasteiger partial charge in [0, 0.05) is 6.54 Å². The minimum atomic E-state index is -4.19. The Morgan fingerprint density at radius 1 is 1.05 bits per heavy atom. The molecule has 2 aromatic carbocycles. The third-order valence-electron chi connectivity index (χ3n) is 7.31. The van der Waals surface area contributed by atoms with Gasteiger partial charge in [-0.25, -0.2) is 13.1 Å². The van der Waals surface area contributed by atoms with Crippen molar-refractivity contribution in [3.05, 3.63) is 54.6 Å².